The third kappa shape index (κ3) is 3.51. The molecule has 0 aliphatic rings. The first-order chi connectivity index (χ1) is 12.2. The molecule has 0 atom stereocenters. The second-order valence-electron chi connectivity index (χ2n) is 5.54. The molecule has 4 rings (SSSR count). The maximum absolute atomic E-state index is 4.69. The monoisotopic (exact) mass is 381 g/mol. The van der Waals surface area contributed by atoms with Gasteiger partial charge in [-0.05, 0) is 32.0 Å². The van der Waals surface area contributed by atoms with Crippen LogP contribution >= 0.6 is 34.4 Å². The molecule has 0 aliphatic carbocycles. The van der Waals surface area contributed by atoms with Crippen LogP contribution in [0.25, 0.3) is 21.8 Å². The van der Waals surface area contributed by atoms with Gasteiger partial charge in [0.2, 0.25) is 0 Å². The van der Waals surface area contributed by atoms with Crippen molar-refractivity contribution in [3.05, 3.63) is 64.7 Å². The van der Waals surface area contributed by atoms with Gasteiger partial charge in [-0.25, -0.2) is 9.97 Å². The molecule has 0 N–H and O–H groups in total. The summed E-state index contributed by atoms with van der Waals surface area (Å²) in [4.78, 5) is 15.0. The zero-order valence-electron chi connectivity index (χ0n) is 13.8. The highest BCUT2D eigenvalue weighted by molar-refractivity contribution is 8.01. The van der Waals surface area contributed by atoms with Gasteiger partial charge in [-0.2, -0.15) is 0 Å². The Balaban J connectivity index is 1.88. The molecule has 0 fully saturated rings. The fourth-order valence-electron chi connectivity index (χ4n) is 2.52. The van der Waals surface area contributed by atoms with Crippen LogP contribution in [0.15, 0.2) is 62.6 Å². The van der Waals surface area contributed by atoms with Gasteiger partial charge in [0.05, 0.1) is 5.69 Å². The third-order valence-electron chi connectivity index (χ3n) is 3.59. The molecule has 124 valence electrons. The van der Waals surface area contributed by atoms with Crippen molar-refractivity contribution in [2.75, 3.05) is 0 Å². The lowest BCUT2D eigenvalue weighted by molar-refractivity contribution is 1.16. The standard InChI is InChI=1S/C19H15N3S3/c1-12-10-23-18(21-12)14-6-5-8-16(25-19-22-13(2)11-24-19)17(14)15-7-3-4-9-20-15/h3-11H,1-2H3. The summed E-state index contributed by atoms with van der Waals surface area (Å²) in [5.74, 6) is 0. The summed E-state index contributed by atoms with van der Waals surface area (Å²) in [7, 11) is 0. The van der Waals surface area contributed by atoms with Gasteiger partial charge in [0.25, 0.3) is 0 Å². The number of hydrogen-bond acceptors (Lipinski definition) is 6. The molecule has 1 aromatic carbocycles. The van der Waals surface area contributed by atoms with E-state index in [1.165, 1.54) is 0 Å². The summed E-state index contributed by atoms with van der Waals surface area (Å²) in [5.41, 5.74) is 5.30. The van der Waals surface area contributed by atoms with Gasteiger partial charge >= 0.3 is 0 Å². The number of rotatable bonds is 4. The number of nitrogens with zero attached hydrogens (tertiary/aromatic N) is 3. The highest BCUT2D eigenvalue weighted by Crippen LogP contribution is 2.42. The lowest BCUT2D eigenvalue weighted by Gasteiger charge is -2.12. The van der Waals surface area contributed by atoms with Gasteiger partial charge in [0.1, 0.15) is 5.01 Å². The Morgan fingerprint density at radius 3 is 2.40 bits per heavy atom. The van der Waals surface area contributed by atoms with Crippen molar-refractivity contribution in [1.29, 1.82) is 0 Å². The van der Waals surface area contributed by atoms with E-state index in [1.54, 1.807) is 34.4 Å². The Kier molecular flexibility index (Phi) is 4.65. The molecule has 0 saturated heterocycles. The molecular formula is C19H15N3S3. The predicted molar refractivity (Wildman–Crippen MR) is 106 cm³/mol. The van der Waals surface area contributed by atoms with Crippen LogP contribution in [-0.2, 0) is 0 Å². The number of hydrogen-bond donors (Lipinski definition) is 0. The van der Waals surface area contributed by atoms with E-state index in [0.29, 0.717) is 0 Å². The van der Waals surface area contributed by atoms with Gasteiger partial charge in [-0.1, -0.05) is 30.0 Å². The average Bonchev–Trinajstić information content (AvgIpc) is 3.24. The summed E-state index contributed by atoms with van der Waals surface area (Å²) in [6.45, 7) is 4.05. The summed E-state index contributed by atoms with van der Waals surface area (Å²) in [6, 6.07) is 12.4. The number of pyridine rings is 1. The Morgan fingerprint density at radius 1 is 0.880 bits per heavy atom. The average molecular weight is 382 g/mol. The van der Waals surface area contributed by atoms with Crippen LogP contribution in [0.5, 0.6) is 0 Å². The van der Waals surface area contributed by atoms with Crippen LogP contribution < -0.4 is 0 Å². The Morgan fingerprint density at radius 2 is 1.72 bits per heavy atom. The van der Waals surface area contributed by atoms with Crippen molar-refractivity contribution >= 4 is 34.4 Å². The molecule has 25 heavy (non-hydrogen) atoms. The molecule has 3 aromatic heterocycles. The molecule has 0 bridgehead atoms. The van der Waals surface area contributed by atoms with E-state index >= 15 is 0 Å². The zero-order chi connectivity index (χ0) is 17.2. The lowest BCUT2D eigenvalue weighted by Crippen LogP contribution is -1.91. The molecule has 6 heteroatoms. The second kappa shape index (κ2) is 7.07. The van der Waals surface area contributed by atoms with Gasteiger partial charge in [-0.3, -0.25) is 4.98 Å². The van der Waals surface area contributed by atoms with Crippen molar-refractivity contribution in [3.8, 4) is 21.8 Å². The number of aromatic nitrogens is 3. The lowest BCUT2D eigenvalue weighted by atomic mass is 10.0. The van der Waals surface area contributed by atoms with Crippen LogP contribution in [0.2, 0.25) is 0 Å². The number of aryl methyl sites for hydroxylation is 2. The smallest absolute Gasteiger partial charge is 0.154 e. The predicted octanol–water partition coefficient (Wildman–Crippen LogP) is 6.10. The first-order valence-corrected chi connectivity index (χ1v) is 10.3. The van der Waals surface area contributed by atoms with Crippen LogP contribution in [0.3, 0.4) is 0 Å². The van der Waals surface area contributed by atoms with E-state index in [4.69, 9.17) is 0 Å². The third-order valence-corrected chi connectivity index (χ3v) is 6.70. The molecule has 0 aliphatic heterocycles. The molecule has 0 amide bonds. The number of thiazole rings is 2. The quantitative estimate of drug-likeness (QED) is 0.428. The summed E-state index contributed by atoms with van der Waals surface area (Å²) >= 11 is 5.03. The number of benzene rings is 1. The first kappa shape index (κ1) is 16.4. The summed E-state index contributed by atoms with van der Waals surface area (Å²) in [6.07, 6.45) is 1.83. The van der Waals surface area contributed by atoms with Crippen molar-refractivity contribution in [2.24, 2.45) is 0 Å². The maximum atomic E-state index is 4.69. The van der Waals surface area contributed by atoms with Gasteiger partial charge in [0.15, 0.2) is 4.34 Å². The maximum Gasteiger partial charge on any atom is 0.154 e. The summed E-state index contributed by atoms with van der Waals surface area (Å²) in [5, 5.41) is 5.19. The van der Waals surface area contributed by atoms with Gasteiger partial charge in [0, 0.05) is 44.4 Å². The highest BCUT2D eigenvalue weighted by Gasteiger charge is 2.17. The molecule has 0 saturated carbocycles. The second-order valence-corrected chi connectivity index (χ2v) is 8.55. The van der Waals surface area contributed by atoms with Crippen LogP contribution in [0.4, 0.5) is 0 Å². The van der Waals surface area contributed by atoms with E-state index in [9.17, 15) is 0 Å². The molecule has 4 aromatic rings. The van der Waals surface area contributed by atoms with Crippen LogP contribution in [0.1, 0.15) is 11.4 Å². The minimum Gasteiger partial charge on any atom is -0.256 e. The zero-order valence-corrected chi connectivity index (χ0v) is 16.2. The normalized spacial score (nSPS) is 11.0. The van der Waals surface area contributed by atoms with Crippen LogP contribution in [-0.4, -0.2) is 15.0 Å². The van der Waals surface area contributed by atoms with Crippen LogP contribution in [0, 0.1) is 13.8 Å². The molecular weight excluding hydrogens is 366 g/mol. The first-order valence-electron chi connectivity index (χ1n) is 7.77. The van der Waals surface area contributed by atoms with E-state index in [-0.39, 0.29) is 0 Å². The van der Waals surface area contributed by atoms with Crippen molar-refractivity contribution < 1.29 is 0 Å². The molecule has 0 unspecified atom stereocenters. The van der Waals surface area contributed by atoms with E-state index < -0.39 is 0 Å². The van der Waals surface area contributed by atoms with E-state index in [2.05, 4.69) is 50.0 Å². The molecule has 0 spiro atoms. The van der Waals surface area contributed by atoms with E-state index in [1.807, 2.05) is 32.2 Å². The minimum absolute atomic E-state index is 0.960. The SMILES string of the molecule is Cc1csc(Sc2cccc(-c3nc(C)cs3)c2-c2ccccn2)n1. The Labute approximate surface area is 158 Å². The van der Waals surface area contributed by atoms with Crippen molar-refractivity contribution in [1.82, 2.24) is 15.0 Å². The van der Waals surface area contributed by atoms with Crippen molar-refractivity contribution in [3.63, 3.8) is 0 Å². The Hall–Kier alpha value is -2.02. The van der Waals surface area contributed by atoms with Gasteiger partial charge < -0.3 is 0 Å². The molecule has 3 nitrogen and oxygen atoms in total. The largest absolute Gasteiger partial charge is 0.256 e. The fraction of sp³-hybridized carbons (Fsp3) is 0.105. The highest BCUT2D eigenvalue weighted by atomic mass is 32.2. The molecule has 0 radical (unpaired) electrons. The topological polar surface area (TPSA) is 38.7 Å². The molecule has 3 heterocycles. The minimum atomic E-state index is 0.960. The Bertz CT molecular complexity index is 1010. The van der Waals surface area contributed by atoms with E-state index in [0.717, 1.165) is 42.5 Å². The van der Waals surface area contributed by atoms with Gasteiger partial charge in [-0.15, -0.1) is 22.7 Å². The van der Waals surface area contributed by atoms with Crippen molar-refractivity contribution in [2.45, 2.75) is 23.1 Å². The fourth-order valence-corrected chi connectivity index (χ4v) is 5.32. The summed E-state index contributed by atoms with van der Waals surface area (Å²) < 4.78 is 1.04.